The molecular formula is C15H15N3O4S. The third-order valence-electron chi connectivity index (χ3n) is 3.98. The van der Waals surface area contributed by atoms with Gasteiger partial charge in [0, 0.05) is 30.5 Å². The van der Waals surface area contributed by atoms with Crippen molar-refractivity contribution in [3.05, 3.63) is 18.2 Å². The van der Waals surface area contributed by atoms with E-state index in [1.54, 1.807) is 17.0 Å². The van der Waals surface area contributed by atoms with E-state index in [2.05, 4.69) is 10.3 Å². The third kappa shape index (κ3) is 2.74. The number of ether oxygens (including phenoxy) is 2. The number of thioether (sulfide) groups is 1. The average molecular weight is 333 g/mol. The van der Waals surface area contributed by atoms with Gasteiger partial charge >= 0.3 is 0 Å². The first-order valence-corrected chi connectivity index (χ1v) is 8.37. The summed E-state index contributed by atoms with van der Waals surface area (Å²) in [7, 11) is 0. The Balaban J connectivity index is 1.46. The molecule has 4 rings (SSSR count). The number of nitrogens with one attached hydrogen (secondary N) is 1. The van der Waals surface area contributed by atoms with Crippen molar-refractivity contribution in [2.75, 3.05) is 30.5 Å². The number of nitrogens with zero attached hydrogens (tertiary/aromatic N) is 2. The zero-order valence-electron chi connectivity index (χ0n) is 12.3. The van der Waals surface area contributed by atoms with Crippen molar-refractivity contribution < 1.29 is 19.1 Å². The highest BCUT2D eigenvalue weighted by molar-refractivity contribution is 8.14. The zero-order valence-corrected chi connectivity index (χ0v) is 13.1. The monoisotopic (exact) mass is 333 g/mol. The molecule has 8 heteroatoms. The number of benzene rings is 1. The minimum Gasteiger partial charge on any atom is -0.454 e. The summed E-state index contributed by atoms with van der Waals surface area (Å²) in [5.41, 5.74) is 0.724. The van der Waals surface area contributed by atoms with E-state index < -0.39 is 0 Å². The topological polar surface area (TPSA) is 80.2 Å². The fourth-order valence-electron chi connectivity index (χ4n) is 2.80. The van der Waals surface area contributed by atoms with Crippen LogP contribution in [0.15, 0.2) is 23.2 Å². The van der Waals surface area contributed by atoms with Crippen molar-refractivity contribution in [3.63, 3.8) is 0 Å². The standard InChI is InChI=1S/C15H15N3O4S/c19-13-5-9(14(20)17-15-16-3-4-23-15)7-18(13)10-1-2-11-12(6-10)22-8-21-11/h1-2,6,9H,3-5,7-8H2,(H,16,17,20). The maximum Gasteiger partial charge on any atom is 0.231 e. The van der Waals surface area contributed by atoms with Gasteiger partial charge in [-0.1, -0.05) is 11.8 Å². The van der Waals surface area contributed by atoms with Crippen LogP contribution in [-0.4, -0.2) is 42.6 Å². The predicted molar refractivity (Wildman–Crippen MR) is 85.9 cm³/mol. The number of carbonyl (C=O) groups excluding carboxylic acids is 2. The van der Waals surface area contributed by atoms with Crippen molar-refractivity contribution in [1.29, 1.82) is 0 Å². The molecule has 0 bridgehead atoms. The largest absolute Gasteiger partial charge is 0.454 e. The molecular weight excluding hydrogens is 318 g/mol. The van der Waals surface area contributed by atoms with E-state index in [0.29, 0.717) is 23.2 Å². The molecule has 1 atom stereocenters. The van der Waals surface area contributed by atoms with Crippen molar-refractivity contribution in [2.24, 2.45) is 10.9 Å². The molecule has 3 aliphatic rings. The Morgan fingerprint density at radius 2 is 2.22 bits per heavy atom. The SMILES string of the molecule is O=C(NC1=NCCS1)C1CC(=O)N(c2ccc3c(c2)OCO3)C1. The molecule has 120 valence electrons. The lowest BCUT2D eigenvalue weighted by Gasteiger charge is -2.17. The number of anilines is 1. The molecule has 1 aromatic rings. The molecule has 0 spiro atoms. The van der Waals surface area contributed by atoms with Gasteiger partial charge in [-0.15, -0.1) is 0 Å². The Kier molecular flexibility index (Phi) is 3.60. The van der Waals surface area contributed by atoms with Crippen LogP contribution < -0.4 is 19.7 Å². The van der Waals surface area contributed by atoms with Crippen molar-refractivity contribution in [3.8, 4) is 11.5 Å². The molecule has 23 heavy (non-hydrogen) atoms. The summed E-state index contributed by atoms with van der Waals surface area (Å²) in [6.07, 6.45) is 0.207. The Morgan fingerprint density at radius 3 is 3.04 bits per heavy atom. The summed E-state index contributed by atoms with van der Waals surface area (Å²) in [6, 6.07) is 5.36. The van der Waals surface area contributed by atoms with Crippen LogP contribution in [0.25, 0.3) is 0 Å². The summed E-state index contributed by atoms with van der Waals surface area (Å²) in [4.78, 5) is 30.4. The minimum atomic E-state index is -0.364. The smallest absolute Gasteiger partial charge is 0.231 e. The Bertz CT molecular complexity index is 706. The highest BCUT2D eigenvalue weighted by Crippen LogP contribution is 2.37. The van der Waals surface area contributed by atoms with Gasteiger partial charge in [-0.05, 0) is 12.1 Å². The van der Waals surface area contributed by atoms with Gasteiger partial charge in [0.2, 0.25) is 18.6 Å². The number of amides is 2. The number of fused-ring (bicyclic) bond motifs is 1. The molecule has 1 aromatic carbocycles. The number of aliphatic imine (C=N–C) groups is 1. The van der Waals surface area contributed by atoms with Crippen LogP contribution in [0.4, 0.5) is 5.69 Å². The Morgan fingerprint density at radius 1 is 1.35 bits per heavy atom. The van der Waals surface area contributed by atoms with Gasteiger partial charge in [-0.25, -0.2) is 0 Å². The quantitative estimate of drug-likeness (QED) is 0.873. The van der Waals surface area contributed by atoms with E-state index in [1.165, 1.54) is 11.8 Å². The molecule has 1 unspecified atom stereocenters. The average Bonchev–Trinajstić information content (AvgIpc) is 3.26. The molecule has 0 aromatic heterocycles. The van der Waals surface area contributed by atoms with E-state index in [-0.39, 0.29) is 30.9 Å². The van der Waals surface area contributed by atoms with E-state index in [1.807, 2.05) is 6.07 Å². The van der Waals surface area contributed by atoms with Gasteiger partial charge in [-0.2, -0.15) is 0 Å². The fourth-order valence-corrected chi connectivity index (χ4v) is 3.54. The molecule has 3 aliphatic heterocycles. The van der Waals surface area contributed by atoms with Crippen molar-refractivity contribution in [2.45, 2.75) is 6.42 Å². The minimum absolute atomic E-state index is 0.0648. The third-order valence-corrected chi connectivity index (χ3v) is 4.87. The summed E-state index contributed by atoms with van der Waals surface area (Å²) in [5, 5.41) is 3.46. The van der Waals surface area contributed by atoms with Crippen LogP contribution in [0.3, 0.4) is 0 Å². The van der Waals surface area contributed by atoms with E-state index in [9.17, 15) is 9.59 Å². The van der Waals surface area contributed by atoms with Crippen molar-refractivity contribution in [1.82, 2.24) is 5.32 Å². The normalized spacial score (nSPS) is 22.4. The van der Waals surface area contributed by atoms with Gasteiger partial charge in [0.1, 0.15) is 0 Å². The van der Waals surface area contributed by atoms with Crippen LogP contribution in [-0.2, 0) is 9.59 Å². The Hall–Kier alpha value is -2.22. The fraction of sp³-hybridized carbons (Fsp3) is 0.400. The summed E-state index contributed by atoms with van der Waals surface area (Å²) in [5.74, 6) is 1.62. The molecule has 0 radical (unpaired) electrons. The predicted octanol–water partition coefficient (Wildman–Crippen LogP) is 0.987. The molecule has 1 fully saturated rings. The van der Waals surface area contributed by atoms with Gasteiger partial charge in [-0.3, -0.25) is 14.6 Å². The summed E-state index contributed by atoms with van der Waals surface area (Å²) >= 11 is 1.53. The van der Waals surface area contributed by atoms with Gasteiger partial charge < -0.3 is 19.7 Å². The number of rotatable bonds is 2. The number of hydrogen-bond donors (Lipinski definition) is 1. The second kappa shape index (κ2) is 5.77. The lowest BCUT2D eigenvalue weighted by atomic mass is 10.1. The number of amidine groups is 1. The van der Waals surface area contributed by atoms with E-state index in [4.69, 9.17) is 9.47 Å². The lowest BCUT2D eigenvalue weighted by molar-refractivity contribution is -0.125. The van der Waals surface area contributed by atoms with Crippen molar-refractivity contribution >= 4 is 34.4 Å². The second-order valence-corrected chi connectivity index (χ2v) is 6.55. The molecule has 1 saturated heterocycles. The van der Waals surface area contributed by atoms with Gasteiger partial charge in [0.25, 0.3) is 0 Å². The first kappa shape index (κ1) is 14.4. The van der Waals surface area contributed by atoms with E-state index in [0.717, 1.165) is 18.0 Å². The lowest BCUT2D eigenvalue weighted by Crippen LogP contribution is -2.35. The molecule has 0 aliphatic carbocycles. The zero-order chi connectivity index (χ0) is 15.8. The van der Waals surface area contributed by atoms with Gasteiger partial charge in [0.05, 0.1) is 12.5 Å². The Labute approximate surface area is 137 Å². The van der Waals surface area contributed by atoms with Crippen LogP contribution in [0.5, 0.6) is 11.5 Å². The molecule has 7 nitrogen and oxygen atoms in total. The maximum absolute atomic E-state index is 12.3. The van der Waals surface area contributed by atoms with Crippen LogP contribution in [0, 0.1) is 5.92 Å². The first-order valence-electron chi connectivity index (χ1n) is 7.39. The number of hydrogen-bond acceptors (Lipinski definition) is 6. The highest BCUT2D eigenvalue weighted by atomic mass is 32.2. The van der Waals surface area contributed by atoms with Crippen LogP contribution in [0.1, 0.15) is 6.42 Å². The van der Waals surface area contributed by atoms with Gasteiger partial charge in [0.15, 0.2) is 16.7 Å². The summed E-state index contributed by atoms with van der Waals surface area (Å²) in [6.45, 7) is 1.28. The number of carbonyl (C=O) groups is 2. The highest BCUT2D eigenvalue weighted by Gasteiger charge is 2.36. The summed E-state index contributed by atoms with van der Waals surface area (Å²) < 4.78 is 10.6. The van der Waals surface area contributed by atoms with Crippen LogP contribution >= 0.6 is 11.8 Å². The maximum atomic E-state index is 12.3. The molecule has 1 N–H and O–H groups in total. The van der Waals surface area contributed by atoms with E-state index >= 15 is 0 Å². The second-order valence-electron chi connectivity index (χ2n) is 5.47. The molecule has 2 amide bonds. The molecule has 3 heterocycles. The molecule has 0 saturated carbocycles. The first-order chi connectivity index (χ1) is 11.2. The van der Waals surface area contributed by atoms with Crippen LogP contribution in [0.2, 0.25) is 0 Å².